The average Bonchev–Trinajstić information content (AvgIpc) is 3.18. The number of allylic oxidation sites excluding steroid dienone is 4. The van der Waals surface area contributed by atoms with Crippen LogP contribution >= 0.6 is 0 Å². The Hall–Kier alpha value is -3.34. The van der Waals surface area contributed by atoms with E-state index in [2.05, 4.69) is 5.32 Å². The minimum Gasteiger partial charge on any atom is -0.481 e. The van der Waals surface area contributed by atoms with Gasteiger partial charge in [-0.25, -0.2) is 0 Å². The van der Waals surface area contributed by atoms with Crippen LogP contribution in [0.4, 0.5) is 0 Å². The van der Waals surface area contributed by atoms with E-state index in [0.29, 0.717) is 18.1 Å². The third kappa shape index (κ3) is 8.36. The lowest BCUT2D eigenvalue weighted by Crippen LogP contribution is -2.24. The SMILES string of the molecule is CC(=O)O.C\C=C(C)/C=C\C(=C/C)CNC(=O)c1ccc(-c2ccccc2)o1. The molecule has 0 bridgehead atoms. The summed E-state index contributed by atoms with van der Waals surface area (Å²) in [5.41, 5.74) is 3.18. The van der Waals surface area contributed by atoms with Gasteiger partial charge >= 0.3 is 0 Å². The average molecular weight is 381 g/mol. The summed E-state index contributed by atoms with van der Waals surface area (Å²) in [6.45, 7) is 7.54. The van der Waals surface area contributed by atoms with Gasteiger partial charge in [0.2, 0.25) is 0 Å². The van der Waals surface area contributed by atoms with Gasteiger partial charge in [0, 0.05) is 19.0 Å². The van der Waals surface area contributed by atoms with Crippen LogP contribution in [0, 0.1) is 0 Å². The van der Waals surface area contributed by atoms with Gasteiger partial charge in [-0.2, -0.15) is 0 Å². The van der Waals surface area contributed by atoms with E-state index < -0.39 is 5.97 Å². The molecule has 0 aliphatic rings. The second kappa shape index (κ2) is 12.1. The highest BCUT2D eigenvalue weighted by Crippen LogP contribution is 2.21. The second-order valence-electron chi connectivity index (χ2n) is 5.96. The zero-order valence-corrected chi connectivity index (χ0v) is 16.7. The fourth-order valence-corrected chi connectivity index (χ4v) is 2.08. The number of amides is 1. The highest BCUT2D eigenvalue weighted by molar-refractivity contribution is 5.92. The molecular weight excluding hydrogens is 354 g/mol. The first-order chi connectivity index (χ1) is 13.4. The highest BCUT2D eigenvalue weighted by Gasteiger charge is 2.11. The van der Waals surface area contributed by atoms with E-state index in [9.17, 15) is 4.79 Å². The predicted octanol–water partition coefficient (Wildman–Crippen LogP) is 5.24. The van der Waals surface area contributed by atoms with Crippen LogP contribution in [0.15, 0.2) is 82.3 Å². The molecule has 5 nitrogen and oxygen atoms in total. The van der Waals surface area contributed by atoms with E-state index >= 15 is 0 Å². The van der Waals surface area contributed by atoms with Crippen LogP contribution in [0.3, 0.4) is 0 Å². The van der Waals surface area contributed by atoms with Crippen molar-refractivity contribution < 1.29 is 19.1 Å². The maximum absolute atomic E-state index is 12.2. The van der Waals surface area contributed by atoms with Crippen molar-refractivity contribution >= 4 is 11.9 Å². The normalized spacial score (nSPS) is 11.7. The fourth-order valence-electron chi connectivity index (χ4n) is 2.08. The molecule has 1 amide bonds. The quantitative estimate of drug-likeness (QED) is 0.671. The summed E-state index contributed by atoms with van der Waals surface area (Å²) in [5, 5.41) is 10.3. The maximum atomic E-state index is 12.2. The lowest BCUT2D eigenvalue weighted by atomic mass is 10.2. The number of carbonyl (C=O) groups excluding carboxylic acids is 1. The smallest absolute Gasteiger partial charge is 0.300 e. The summed E-state index contributed by atoms with van der Waals surface area (Å²) >= 11 is 0. The number of rotatable bonds is 6. The molecule has 0 unspecified atom stereocenters. The number of carboxylic acids is 1. The Kier molecular flexibility index (Phi) is 9.83. The van der Waals surface area contributed by atoms with Gasteiger partial charge in [0.1, 0.15) is 5.76 Å². The van der Waals surface area contributed by atoms with Crippen LogP contribution in [0.5, 0.6) is 0 Å². The second-order valence-corrected chi connectivity index (χ2v) is 5.96. The van der Waals surface area contributed by atoms with Crippen LogP contribution in [0.2, 0.25) is 0 Å². The Morgan fingerprint density at radius 3 is 2.21 bits per heavy atom. The highest BCUT2D eigenvalue weighted by atomic mass is 16.4. The largest absolute Gasteiger partial charge is 0.481 e. The first-order valence-electron chi connectivity index (χ1n) is 8.96. The number of furan rings is 1. The standard InChI is InChI=1S/C21H23NO2.C2H4O2/c1-4-16(3)11-12-17(5-2)15-22-21(23)20-14-13-19(24-20)18-9-7-6-8-10-18;1-2(3)4/h4-14H,15H2,1-3H3,(H,22,23);1H3,(H,3,4)/b12-11-,16-4-,17-5+;. The Morgan fingerprint density at radius 1 is 1.00 bits per heavy atom. The fraction of sp³-hybridized carbons (Fsp3) is 0.217. The molecular formula is C23H27NO4. The van der Waals surface area contributed by atoms with Gasteiger partial charge in [-0.05, 0) is 38.5 Å². The Balaban J connectivity index is 0.000000892. The molecule has 0 aliphatic heterocycles. The lowest BCUT2D eigenvalue weighted by Gasteiger charge is -2.04. The third-order valence-corrected chi connectivity index (χ3v) is 3.73. The summed E-state index contributed by atoms with van der Waals surface area (Å²) in [7, 11) is 0. The van der Waals surface area contributed by atoms with Crippen molar-refractivity contribution in [2.75, 3.05) is 6.54 Å². The molecule has 0 spiro atoms. The molecule has 148 valence electrons. The molecule has 0 radical (unpaired) electrons. The minimum absolute atomic E-state index is 0.215. The molecule has 0 atom stereocenters. The number of hydrogen-bond donors (Lipinski definition) is 2. The van der Waals surface area contributed by atoms with E-state index in [0.717, 1.165) is 18.1 Å². The molecule has 0 saturated heterocycles. The van der Waals surface area contributed by atoms with E-state index in [1.807, 2.05) is 81.5 Å². The first kappa shape index (κ1) is 22.7. The molecule has 1 heterocycles. The first-order valence-corrected chi connectivity index (χ1v) is 8.96. The zero-order chi connectivity index (χ0) is 20.9. The molecule has 0 aliphatic carbocycles. The van der Waals surface area contributed by atoms with Crippen molar-refractivity contribution in [3.63, 3.8) is 0 Å². The van der Waals surface area contributed by atoms with Crippen LogP contribution in [0.25, 0.3) is 11.3 Å². The van der Waals surface area contributed by atoms with E-state index in [1.165, 1.54) is 5.57 Å². The Labute approximate surface area is 166 Å². The molecule has 5 heteroatoms. The minimum atomic E-state index is -0.833. The Bertz CT molecular complexity index is 854. The van der Waals surface area contributed by atoms with Crippen molar-refractivity contribution in [1.29, 1.82) is 0 Å². The van der Waals surface area contributed by atoms with Gasteiger partial charge in [-0.15, -0.1) is 0 Å². The third-order valence-electron chi connectivity index (χ3n) is 3.73. The van der Waals surface area contributed by atoms with E-state index in [-0.39, 0.29) is 5.91 Å². The number of nitrogens with one attached hydrogen (secondary N) is 1. The van der Waals surface area contributed by atoms with Crippen molar-refractivity contribution in [2.24, 2.45) is 0 Å². The van der Waals surface area contributed by atoms with Gasteiger partial charge < -0.3 is 14.8 Å². The monoisotopic (exact) mass is 381 g/mol. The maximum Gasteiger partial charge on any atom is 0.300 e. The van der Waals surface area contributed by atoms with Crippen LogP contribution in [-0.4, -0.2) is 23.5 Å². The van der Waals surface area contributed by atoms with Gasteiger partial charge in [-0.1, -0.05) is 60.2 Å². The predicted molar refractivity (Wildman–Crippen MR) is 112 cm³/mol. The summed E-state index contributed by atoms with van der Waals surface area (Å²) in [4.78, 5) is 21.2. The van der Waals surface area contributed by atoms with Crippen molar-refractivity contribution in [3.05, 3.63) is 83.7 Å². The summed E-state index contributed by atoms with van der Waals surface area (Å²) in [6, 6.07) is 13.2. The van der Waals surface area contributed by atoms with Crippen molar-refractivity contribution in [2.45, 2.75) is 27.7 Å². The van der Waals surface area contributed by atoms with Gasteiger partial charge in [0.05, 0.1) is 0 Å². The molecule has 0 fully saturated rings. The van der Waals surface area contributed by atoms with Crippen LogP contribution in [-0.2, 0) is 4.79 Å². The van der Waals surface area contributed by atoms with Crippen molar-refractivity contribution in [1.82, 2.24) is 5.32 Å². The topological polar surface area (TPSA) is 79.5 Å². The Morgan fingerprint density at radius 2 is 1.64 bits per heavy atom. The van der Waals surface area contributed by atoms with E-state index in [4.69, 9.17) is 14.3 Å². The zero-order valence-electron chi connectivity index (χ0n) is 16.7. The van der Waals surface area contributed by atoms with Gasteiger partial charge in [0.25, 0.3) is 11.9 Å². The van der Waals surface area contributed by atoms with Crippen LogP contribution in [0.1, 0.15) is 38.2 Å². The lowest BCUT2D eigenvalue weighted by molar-refractivity contribution is -0.134. The summed E-state index contributed by atoms with van der Waals surface area (Å²) < 4.78 is 5.65. The number of benzene rings is 1. The summed E-state index contributed by atoms with van der Waals surface area (Å²) in [6.07, 6.45) is 8.06. The molecule has 1 aromatic heterocycles. The number of hydrogen-bond acceptors (Lipinski definition) is 3. The van der Waals surface area contributed by atoms with Crippen LogP contribution < -0.4 is 5.32 Å². The molecule has 2 rings (SSSR count). The number of carbonyl (C=O) groups is 2. The van der Waals surface area contributed by atoms with E-state index in [1.54, 1.807) is 6.07 Å². The summed E-state index contributed by atoms with van der Waals surface area (Å²) in [5.74, 6) is -0.0405. The molecule has 2 aromatic rings. The van der Waals surface area contributed by atoms with Gasteiger partial charge in [-0.3, -0.25) is 9.59 Å². The number of aliphatic carboxylic acids is 1. The molecule has 0 saturated carbocycles. The molecule has 2 N–H and O–H groups in total. The van der Waals surface area contributed by atoms with Crippen molar-refractivity contribution in [3.8, 4) is 11.3 Å². The number of carboxylic acid groups (broad SMARTS) is 1. The molecule has 1 aromatic carbocycles. The molecule has 28 heavy (non-hydrogen) atoms. The van der Waals surface area contributed by atoms with Gasteiger partial charge in [0.15, 0.2) is 5.76 Å².